The summed E-state index contributed by atoms with van der Waals surface area (Å²) in [5, 5.41) is 11.2. The molecule has 0 radical (unpaired) electrons. The second-order valence-corrected chi connectivity index (χ2v) is 6.03. The van der Waals surface area contributed by atoms with E-state index in [9.17, 15) is 23.3 Å². The van der Waals surface area contributed by atoms with Gasteiger partial charge in [0.15, 0.2) is 5.82 Å². The van der Waals surface area contributed by atoms with Gasteiger partial charge in [0.25, 0.3) is 5.69 Å². The molecule has 1 aliphatic rings. The van der Waals surface area contributed by atoms with Crippen molar-refractivity contribution in [3.05, 3.63) is 51.4 Å². The zero-order valence-corrected chi connectivity index (χ0v) is 14.0. The predicted molar refractivity (Wildman–Crippen MR) is 89.6 cm³/mol. The first-order chi connectivity index (χ1) is 12.3. The minimum absolute atomic E-state index is 0.0727. The molecule has 0 saturated carbocycles. The summed E-state index contributed by atoms with van der Waals surface area (Å²) in [5.74, 6) is 0.529. The normalized spacial score (nSPS) is 15.2. The largest absolute Gasteiger partial charge is 0.418 e. The van der Waals surface area contributed by atoms with Crippen molar-refractivity contribution in [2.45, 2.75) is 6.18 Å². The van der Waals surface area contributed by atoms with E-state index in [4.69, 9.17) is 11.6 Å². The van der Waals surface area contributed by atoms with E-state index in [1.807, 2.05) is 4.90 Å². The third-order valence-corrected chi connectivity index (χ3v) is 4.33. The maximum atomic E-state index is 13.3. The van der Waals surface area contributed by atoms with Gasteiger partial charge in [0.05, 0.1) is 16.7 Å². The molecule has 3 rings (SSSR count). The number of benzene rings is 1. The summed E-state index contributed by atoms with van der Waals surface area (Å²) in [7, 11) is 0. The number of anilines is 2. The van der Waals surface area contributed by atoms with E-state index in [-0.39, 0.29) is 5.69 Å². The number of halogens is 4. The maximum absolute atomic E-state index is 13.3. The highest BCUT2D eigenvalue weighted by Crippen LogP contribution is 2.39. The number of non-ortho nitro benzene ring substituents is 1. The van der Waals surface area contributed by atoms with Gasteiger partial charge < -0.3 is 9.80 Å². The lowest BCUT2D eigenvalue weighted by molar-refractivity contribution is -0.385. The summed E-state index contributed by atoms with van der Waals surface area (Å²) in [4.78, 5) is 21.3. The highest BCUT2D eigenvalue weighted by atomic mass is 35.5. The number of alkyl halides is 3. The first kappa shape index (κ1) is 18.2. The van der Waals surface area contributed by atoms with Crippen LogP contribution in [0.2, 0.25) is 5.02 Å². The SMILES string of the molecule is O=[N+]([O-])c1ccc(N2CCN(c3ncncc3Cl)CC2)c(C(F)(F)F)c1. The van der Waals surface area contributed by atoms with E-state index in [1.165, 1.54) is 12.5 Å². The highest BCUT2D eigenvalue weighted by molar-refractivity contribution is 6.32. The average molecular weight is 388 g/mol. The quantitative estimate of drug-likeness (QED) is 0.593. The fourth-order valence-electron chi connectivity index (χ4n) is 2.84. The van der Waals surface area contributed by atoms with Gasteiger partial charge in [0.2, 0.25) is 0 Å². The van der Waals surface area contributed by atoms with Crippen molar-refractivity contribution in [2.75, 3.05) is 36.0 Å². The van der Waals surface area contributed by atoms with Crippen LogP contribution in [-0.4, -0.2) is 41.1 Å². The zero-order valence-electron chi connectivity index (χ0n) is 13.3. The first-order valence-corrected chi connectivity index (χ1v) is 7.96. The molecule has 1 saturated heterocycles. The molecular formula is C15H13ClF3N5O2. The molecule has 2 heterocycles. The summed E-state index contributed by atoms with van der Waals surface area (Å²) in [6.07, 6.45) is -1.88. The summed E-state index contributed by atoms with van der Waals surface area (Å²) < 4.78 is 40.0. The molecule has 138 valence electrons. The molecule has 0 amide bonds. The molecule has 0 aliphatic carbocycles. The molecule has 1 aromatic carbocycles. The Morgan fingerprint density at radius 3 is 2.38 bits per heavy atom. The van der Waals surface area contributed by atoms with Gasteiger partial charge in [-0.25, -0.2) is 9.97 Å². The number of hydrogen-bond acceptors (Lipinski definition) is 6. The molecule has 1 aromatic heterocycles. The number of rotatable bonds is 3. The van der Waals surface area contributed by atoms with Crippen molar-refractivity contribution in [1.82, 2.24) is 9.97 Å². The first-order valence-electron chi connectivity index (χ1n) is 7.58. The van der Waals surface area contributed by atoms with Crippen molar-refractivity contribution < 1.29 is 18.1 Å². The lowest BCUT2D eigenvalue weighted by Gasteiger charge is -2.37. The van der Waals surface area contributed by atoms with Crippen LogP contribution in [0.3, 0.4) is 0 Å². The van der Waals surface area contributed by atoms with Crippen molar-refractivity contribution in [3.63, 3.8) is 0 Å². The lowest BCUT2D eigenvalue weighted by atomic mass is 10.1. The number of aromatic nitrogens is 2. The highest BCUT2D eigenvalue weighted by Gasteiger charge is 2.37. The van der Waals surface area contributed by atoms with Crippen LogP contribution in [-0.2, 0) is 6.18 Å². The molecule has 7 nitrogen and oxygen atoms in total. The standard InChI is InChI=1S/C15H13ClF3N5O2/c16-12-8-20-9-21-14(12)23-5-3-22(4-6-23)13-2-1-10(24(25)26)7-11(13)15(17,18)19/h1-2,7-9H,3-6H2. The predicted octanol–water partition coefficient (Wildman–Crippen LogP) is 3.38. The van der Waals surface area contributed by atoms with Crippen LogP contribution in [0.25, 0.3) is 0 Å². The Morgan fingerprint density at radius 1 is 1.15 bits per heavy atom. The van der Waals surface area contributed by atoms with Crippen LogP contribution >= 0.6 is 11.6 Å². The van der Waals surface area contributed by atoms with E-state index in [2.05, 4.69) is 9.97 Å². The van der Waals surface area contributed by atoms with E-state index < -0.39 is 22.4 Å². The van der Waals surface area contributed by atoms with Gasteiger partial charge in [-0.15, -0.1) is 0 Å². The molecule has 2 aromatic rings. The second-order valence-electron chi connectivity index (χ2n) is 5.62. The fraction of sp³-hybridized carbons (Fsp3) is 0.333. The number of nitro benzene ring substituents is 1. The third kappa shape index (κ3) is 3.64. The minimum atomic E-state index is -4.69. The smallest absolute Gasteiger partial charge is 0.367 e. The monoisotopic (exact) mass is 387 g/mol. The Bertz CT molecular complexity index is 825. The average Bonchev–Trinajstić information content (AvgIpc) is 2.61. The topological polar surface area (TPSA) is 75.4 Å². The summed E-state index contributed by atoms with van der Waals surface area (Å²) in [5.41, 5.74) is -1.68. The molecule has 1 aliphatic heterocycles. The van der Waals surface area contributed by atoms with Gasteiger partial charge in [-0.3, -0.25) is 10.1 Å². The summed E-state index contributed by atoms with van der Waals surface area (Å²) in [6, 6.07) is 2.80. The van der Waals surface area contributed by atoms with Crippen molar-refractivity contribution in [1.29, 1.82) is 0 Å². The molecule has 0 atom stereocenters. The van der Waals surface area contributed by atoms with Crippen LogP contribution in [0.1, 0.15) is 5.56 Å². The maximum Gasteiger partial charge on any atom is 0.418 e. The van der Waals surface area contributed by atoms with Gasteiger partial charge >= 0.3 is 6.18 Å². The van der Waals surface area contributed by atoms with Gasteiger partial charge in [-0.05, 0) is 6.07 Å². The molecule has 0 bridgehead atoms. The Hall–Kier alpha value is -2.62. The van der Waals surface area contributed by atoms with E-state index in [0.29, 0.717) is 43.1 Å². The van der Waals surface area contributed by atoms with Crippen molar-refractivity contribution in [3.8, 4) is 0 Å². The second kappa shape index (κ2) is 6.94. The van der Waals surface area contributed by atoms with Crippen LogP contribution in [0.5, 0.6) is 0 Å². The Kier molecular flexibility index (Phi) is 4.86. The number of nitrogens with zero attached hydrogens (tertiary/aromatic N) is 5. The van der Waals surface area contributed by atoms with Crippen LogP contribution in [0.15, 0.2) is 30.7 Å². The minimum Gasteiger partial charge on any atom is -0.367 e. The molecule has 26 heavy (non-hydrogen) atoms. The van der Waals surface area contributed by atoms with Gasteiger partial charge in [0.1, 0.15) is 11.3 Å². The van der Waals surface area contributed by atoms with Gasteiger partial charge in [-0.2, -0.15) is 13.2 Å². The fourth-order valence-corrected chi connectivity index (χ4v) is 3.06. The zero-order chi connectivity index (χ0) is 18.9. The number of nitro groups is 1. The molecule has 0 spiro atoms. The van der Waals surface area contributed by atoms with E-state index in [1.54, 1.807) is 4.90 Å². The van der Waals surface area contributed by atoms with E-state index in [0.717, 1.165) is 12.1 Å². The third-order valence-electron chi connectivity index (χ3n) is 4.06. The van der Waals surface area contributed by atoms with Crippen LogP contribution < -0.4 is 9.80 Å². The van der Waals surface area contributed by atoms with Crippen molar-refractivity contribution >= 4 is 28.8 Å². The molecule has 0 unspecified atom stereocenters. The van der Waals surface area contributed by atoms with E-state index >= 15 is 0 Å². The van der Waals surface area contributed by atoms with Gasteiger partial charge in [-0.1, -0.05) is 11.6 Å². The Balaban J connectivity index is 1.83. The molecular weight excluding hydrogens is 375 g/mol. The number of hydrogen-bond donors (Lipinski definition) is 0. The Morgan fingerprint density at radius 2 is 1.81 bits per heavy atom. The molecule has 11 heteroatoms. The number of piperazine rings is 1. The summed E-state index contributed by atoms with van der Waals surface area (Å²) in [6.45, 7) is 1.40. The van der Waals surface area contributed by atoms with Crippen molar-refractivity contribution in [2.24, 2.45) is 0 Å². The molecule has 1 fully saturated rings. The van der Waals surface area contributed by atoms with Gasteiger partial charge in [0, 0.05) is 44.0 Å². The molecule has 0 N–H and O–H groups in total. The summed E-state index contributed by atoms with van der Waals surface area (Å²) >= 11 is 6.05. The Labute approximate surface area is 151 Å². The van der Waals surface area contributed by atoms with Crippen LogP contribution in [0.4, 0.5) is 30.4 Å². The van der Waals surface area contributed by atoms with Crippen LogP contribution in [0, 0.1) is 10.1 Å². The lowest BCUT2D eigenvalue weighted by Crippen LogP contribution is -2.47.